The molecule has 1 aromatic carbocycles. The van der Waals surface area contributed by atoms with E-state index in [4.69, 9.17) is 10.2 Å². The smallest absolute Gasteiger partial charge is 0.345 e. The number of fused-ring (bicyclic) bond motifs is 1. The molecular weight excluding hydrogens is 272 g/mol. The summed E-state index contributed by atoms with van der Waals surface area (Å²) in [4.78, 5) is 21.6. The van der Waals surface area contributed by atoms with Crippen molar-refractivity contribution in [3.05, 3.63) is 34.7 Å². The molecule has 19 heavy (non-hydrogen) atoms. The van der Waals surface area contributed by atoms with Crippen LogP contribution in [0.2, 0.25) is 0 Å². The highest BCUT2D eigenvalue weighted by molar-refractivity contribution is 7.20. The minimum Gasteiger partial charge on any atom is -0.479 e. The fraction of sp³-hybridized carbons (Fsp3) is 0.167. The van der Waals surface area contributed by atoms with Gasteiger partial charge >= 0.3 is 11.9 Å². The third-order valence-electron chi connectivity index (χ3n) is 2.68. The number of aromatic carboxylic acids is 1. The average Bonchev–Trinajstić information content (AvgIpc) is 2.80. The van der Waals surface area contributed by atoms with Crippen LogP contribution in [-0.2, 0) is 4.79 Å². The quantitative estimate of drug-likeness (QED) is 0.667. The SMILES string of the molecule is O=C(O)c1cc2c(C(O)C(O)C(=O)O)cccc2s1. The molecular formula is C12H10O6S. The van der Waals surface area contributed by atoms with Crippen molar-refractivity contribution in [2.45, 2.75) is 12.2 Å². The molecule has 1 aromatic heterocycles. The van der Waals surface area contributed by atoms with E-state index in [0.29, 0.717) is 10.1 Å². The number of aliphatic hydroxyl groups is 2. The van der Waals surface area contributed by atoms with Gasteiger partial charge in [0.1, 0.15) is 11.0 Å². The predicted molar refractivity (Wildman–Crippen MR) is 67.4 cm³/mol. The molecule has 2 atom stereocenters. The highest BCUT2D eigenvalue weighted by Gasteiger charge is 2.27. The molecule has 1 heterocycles. The number of thiophene rings is 1. The van der Waals surface area contributed by atoms with Gasteiger partial charge in [0.15, 0.2) is 6.10 Å². The Bertz CT molecular complexity index is 647. The molecule has 0 fully saturated rings. The molecule has 0 spiro atoms. The standard InChI is InChI=1S/C12H10O6S/c13-9(10(14)12(17)18)5-2-1-3-7-6(5)4-8(19-7)11(15)16/h1-4,9-10,13-14H,(H,15,16)(H,17,18). The molecule has 6 nitrogen and oxygen atoms in total. The van der Waals surface area contributed by atoms with Crippen molar-refractivity contribution in [1.82, 2.24) is 0 Å². The molecule has 0 aliphatic heterocycles. The minimum absolute atomic E-state index is 0.0828. The lowest BCUT2D eigenvalue weighted by Crippen LogP contribution is -2.27. The van der Waals surface area contributed by atoms with Crippen LogP contribution in [0.5, 0.6) is 0 Å². The maximum Gasteiger partial charge on any atom is 0.345 e. The second-order valence-corrected chi connectivity index (χ2v) is 4.99. The Kier molecular flexibility index (Phi) is 3.52. The summed E-state index contributed by atoms with van der Waals surface area (Å²) in [6.45, 7) is 0. The third kappa shape index (κ3) is 2.43. The average molecular weight is 282 g/mol. The molecule has 7 heteroatoms. The van der Waals surface area contributed by atoms with Crippen molar-refractivity contribution in [2.24, 2.45) is 0 Å². The van der Waals surface area contributed by atoms with E-state index in [1.807, 2.05) is 0 Å². The minimum atomic E-state index is -1.96. The second-order valence-electron chi connectivity index (χ2n) is 3.90. The van der Waals surface area contributed by atoms with Gasteiger partial charge in [-0.15, -0.1) is 11.3 Å². The molecule has 0 aliphatic rings. The summed E-state index contributed by atoms with van der Waals surface area (Å²) < 4.78 is 0.603. The van der Waals surface area contributed by atoms with E-state index in [2.05, 4.69) is 0 Å². The molecule has 2 aromatic rings. The van der Waals surface area contributed by atoms with Gasteiger partial charge in [-0.05, 0) is 23.1 Å². The van der Waals surface area contributed by atoms with Gasteiger partial charge in [0.05, 0.1) is 0 Å². The van der Waals surface area contributed by atoms with Crippen LogP contribution in [0.15, 0.2) is 24.3 Å². The van der Waals surface area contributed by atoms with E-state index in [9.17, 15) is 19.8 Å². The van der Waals surface area contributed by atoms with Crippen LogP contribution in [0.1, 0.15) is 21.3 Å². The monoisotopic (exact) mass is 282 g/mol. The zero-order valence-electron chi connectivity index (χ0n) is 9.48. The first-order valence-corrected chi connectivity index (χ1v) is 6.08. The van der Waals surface area contributed by atoms with Crippen LogP contribution in [0.25, 0.3) is 10.1 Å². The second kappa shape index (κ2) is 4.96. The van der Waals surface area contributed by atoms with Gasteiger partial charge in [-0.25, -0.2) is 9.59 Å². The van der Waals surface area contributed by atoms with Gasteiger partial charge in [-0.1, -0.05) is 12.1 Å². The van der Waals surface area contributed by atoms with Crippen LogP contribution in [0.3, 0.4) is 0 Å². The zero-order valence-corrected chi connectivity index (χ0v) is 10.3. The van der Waals surface area contributed by atoms with Crippen molar-refractivity contribution < 1.29 is 30.0 Å². The number of rotatable bonds is 4. The Morgan fingerprint density at radius 3 is 2.42 bits per heavy atom. The van der Waals surface area contributed by atoms with Crippen molar-refractivity contribution >= 4 is 33.4 Å². The topological polar surface area (TPSA) is 115 Å². The number of carboxylic acids is 2. The highest BCUT2D eigenvalue weighted by Crippen LogP contribution is 2.32. The molecule has 2 unspecified atom stereocenters. The van der Waals surface area contributed by atoms with Gasteiger partial charge in [-0.2, -0.15) is 0 Å². The van der Waals surface area contributed by atoms with Crippen LogP contribution in [-0.4, -0.2) is 38.5 Å². The molecule has 2 rings (SSSR count). The Hall–Kier alpha value is -1.96. The lowest BCUT2D eigenvalue weighted by Gasteiger charge is -2.15. The Morgan fingerprint density at radius 1 is 1.16 bits per heavy atom. The molecule has 0 saturated carbocycles. The maximum absolute atomic E-state index is 10.9. The molecule has 0 saturated heterocycles. The van der Waals surface area contributed by atoms with Gasteiger partial charge in [0, 0.05) is 4.70 Å². The molecule has 0 radical (unpaired) electrons. The molecule has 4 N–H and O–H groups in total. The number of aliphatic hydroxyl groups excluding tert-OH is 2. The Labute approximate surface area is 111 Å². The van der Waals surface area contributed by atoms with E-state index in [0.717, 1.165) is 11.3 Å². The number of benzene rings is 1. The number of carboxylic acid groups (broad SMARTS) is 2. The van der Waals surface area contributed by atoms with E-state index < -0.39 is 24.1 Å². The molecule has 0 aliphatic carbocycles. The first-order valence-electron chi connectivity index (χ1n) is 5.26. The van der Waals surface area contributed by atoms with Crippen LogP contribution >= 0.6 is 11.3 Å². The van der Waals surface area contributed by atoms with E-state index in [1.165, 1.54) is 12.1 Å². The maximum atomic E-state index is 10.9. The van der Waals surface area contributed by atoms with Crippen molar-refractivity contribution in [2.75, 3.05) is 0 Å². The van der Waals surface area contributed by atoms with Crippen molar-refractivity contribution in [1.29, 1.82) is 0 Å². The van der Waals surface area contributed by atoms with E-state index in [-0.39, 0.29) is 10.4 Å². The predicted octanol–water partition coefficient (Wildman–Crippen LogP) is 1.08. The normalized spacial score (nSPS) is 14.2. The van der Waals surface area contributed by atoms with Gasteiger partial charge in [0.2, 0.25) is 0 Å². The van der Waals surface area contributed by atoms with E-state index >= 15 is 0 Å². The summed E-state index contributed by atoms with van der Waals surface area (Å²) in [5, 5.41) is 37.2. The first-order chi connectivity index (χ1) is 8.91. The zero-order chi connectivity index (χ0) is 14.2. The van der Waals surface area contributed by atoms with Gasteiger partial charge in [-0.3, -0.25) is 0 Å². The summed E-state index contributed by atoms with van der Waals surface area (Å²) in [6, 6.07) is 6.04. The van der Waals surface area contributed by atoms with Crippen molar-refractivity contribution in [3.8, 4) is 0 Å². The molecule has 100 valence electrons. The number of aliphatic carboxylic acids is 1. The van der Waals surface area contributed by atoms with Gasteiger partial charge in [0.25, 0.3) is 0 Å². The fourth-order valence-electron chi connectivity index (χ4n) is 1.75. The lowest BCUT2D eigenvalue weighted by molar-refractivity contribution is -0.153. The fourth-order valence-corrected chi connectivity index (χ4v) is 2.69. The number of hydrogen-bond donors (Lipinski definition) is 4. The summed E-state index contributed by atoms with van der Waals surface area (Å²) in [6.07, 6.45) is -3.57. The summed E-state index contributed by atoms with van der Waals surface area (Å²) in [5.41, 5.74) is 0.191. The summed E-state index contributed by atoms with van der Waals surface area (Å²) in [5.74, 6) is -2.64. The summed E-state index contributed by atoms with van der Waals surface area (Å²) >= 11 is 1.02. The first kappa shape index (κ1) is 13.5. The molecule has 0 amide bonds. The van der Waals surface area contributed by atoms with Crippen LogP contribution in [0, 0.1) is 0 Å². The third-order valence-corrected chi connectivity index (χ3v) is 3.77. The highest BCUT2D eigenvalue weighted by atomic mass is 32.1. The Morgan fingerprint density at radius 2 is 1.84 bits per heavy atom. The Balaban J connectivity index is 2.54. The summed E-state index contributed by atoms with van der Waals surface area (Å²) in [7, 11) is 0. The van der Waals surface area contributed by atoms with E-state index in [1.54, 1.807) is 12.1 Å². The lowest BCUT2D eigenvalue weighted by atomic mass is 10.0. The van der Waals surface area contributed by atoms with Crippen LogP contribution < -0.4 is 0 Å². The number of carbonyl (C=O) groups is 2. The van der Waals surface area contributed by atoms with Crippen LogP contribution in [0.4, 0.5) is 0 Å². The molecule has 0 bridgehead atoms. The van der Waals surface area contributed by atoms with Gasteiger partial charge < -0.3 is 20.4 Å². The number of hydrogen-bond acceptors (Lipinski definition) is 5. The largest absolute Gasteiger partial charge is 0.479 e. The van der Waals surface area contributed by atoms with Crippen molar-refractivity contribution in [3.63, 3.8) is 0 Å².